The lowest BCUT2D eigenvalue weighted by Gasteiger charge is -2.23. The predicted molar refractivity (Wildman–Crippen MR) is 65.5 cm³/mol. The molecule has 2 rings (SSSR count). The van der Waals surface area contributed by atoms with E-state index in [4.69, 9.17) is 14.6 Å². The molecule has 17 heavy (non-hydrogen) atoms. The Bertz CT molecular complexity index is 468. The zero-order valence-corrected chi connectivity index (χ0v) is 11.2. The number of halogens is 1. The lowest BCUT2D eigenvalue weighted by atomic mass is 9.81. The zero-order chi connectivity index (χ0) is 12.6. The van der Waals surface area contributed by atoms with Gasteiger partial charge in [0.05, 0.1) is 10.9 Å². The summed E-state index contributed by atoms with van der Waals surface area (Å²) in [6.07, 6.45) is 0.0685. The Morgan fingerprint density at radius 2 is 2.18 bits per heavy atom. The van der Waals surface area contributed by atoms with Crippen LogP contribution in [0.4, 0.5) is 0 Å². The number of ether oxygens (including phenoxy) is 2. The van der Waals surface area contributed by atoms with Gasteiger partial charge in [0.1, 0.15) is 0 Å². The smallest absolute Gasteiger partial charge is 0.304 e. The monoisotopic (exact) mass is 300 g/mol. The van der Waals surface area contributed by atoms with E-state index in [-0.39, 0.29) is 13.2 Å². The van der Waals surface area contributed by atoms with Crippen LogP contribution in [0.15, 0.2) is 16.6 Å². The maximum Gasteiger partial charge on any atom is 0.304 e. The van der Waals surface area contributed by atoms with Gasteiger partial charge in [-0.2, -0.15) is 0 Å². The Kier molecular flexibility index (Phi) is 3.03. The molecule has 5 heteroatoms. The molecule has 0 fully saturated rings. The van der Waals surface area contributed by atoms with Gasteiger partial charge in [-0.15, -0.1) is 0 Å². The average Bonchev–Trinajstić information content (AvgIpc) is 2.63. The van der Waals surface area contributed by atoms with E-state index in [0.29, 0.717) is 11.5 Å². The molecule has 0 radical (unpaired) electrons. The van der Waals surface area contributed by atoms with Crippen LogP contribution in [-0.2, 0) is 10.2 Å². The van der Waals surface area contributed by atoms with Crippen molar-refractivity contribution in [3.63, 3.8) is 0 Å². The second-order valence-corrected chi connectivity index (χ2v) is 5.50. The molecule has 0 amide bonds. The van der Waals surface area contributed by atoms with E-state index in [1.807, 2.05) is 26.0 Å². The first-order chi connectivity index (χ1) is 7.90. The molecule has 1 aromatic carbocycles. The molecule has 4 nitrogen and oxygen atoms in total. The fourth-order valence-electron chi connectivity index (χ4n) is 1.84. The molecule has 1 N–H and O–H groups in total. The lowest BCUT2D eigenvalue weighted by molar-refractivity contribution is -0.138. The lowest BCUT2D eigenvalue weighted by Crippen LogP contribution is -2.21. The Balaban J connectivity index is 2.40. The van der Waals surface area contributed by atoms with Crippen molar-refractivity contribution >= 4 is 21.9 Å². The highest BCUT2D eigenvalue weighted by Crippen LogP contribution is 2.43. The van der Waals surface area contributed by atoms with Crippen LogP contribution in [-0.4, -0.2) is 17.9 Å². The summed E-state index contributed by atoms with van der Waals surface area (Å²) in [4.78, 5) is 10.8. The number of hydrogen-bond donors (Lipinski definition) is 1. The number of fused-ring (bicyclic) bond motifs is 1. The third kappa shape index (κ3) is 2.39. The molecular weight excluding hydrogens is 288 g/mol. The minimum atomic E-state index is -0.816. The molecule has 0 bridgehead atoms. The van der Waals surface area contributed by atoms with Crippen LogP contribution in [0.2, 0.25) is 0 Å². The third-order valence-corrected chi connectivity index (χ3v) is 3.39. The summed E-state index contributed by atoms with van der Waals surface area (Å²) in [5, 5.41) is 8.91. The number of carboxylic acid groups (broad SMARTS) is 1. The number of carbonyl (C=O) groups is 1. The van der Waals surface area contributed by atoms with Gasteiger partial charge in [0.25, 0.3) is 0 Å². The molecule has 0 spiro atoms. The molecule has 0 atom stereocenters. The fraction of sp³-hybridized carbons (Fsp3) is 0.417. The maximum absolute atomic E-state index is 10.8. The molecule has 0 aliphatic carbocycles. The van der Waals surface area contributed by atoms with Crippen molar-refractivity contribution in [2.75, 3.05) is 6.79 Å². The standard InChI is InChI=1S/C12H13BrO4/c1-12(2,5-10(14)15)7-3-8(13)11-9(4-7)16-6-17-11/h3-4H,5-6H2,1-2H3,(H,14,15). The normalized spacial score (nSPS) is 13.8. The topological polar surface area (TPSA) is 55.8 Å². The number of hydrogen-bond acceptors (Lipinski definition) is 3. The van der Waals surface area contributed by atoms with E-state index in [0.717, 1.165) is 10.0 Å². The second kappa shape index (κ2) is 4.22. The molecule has 1 aliphatic heterocycles. The van der Waals surface area contributed by atoms with E-state index in [1.54, 1.807) is 0 Å². The highest BCUT2D eigenvalue weighted by molar-refractivity contribution is 9.10. The summed E-state index contributed by atoms with van der Waals surface area (Å²) >= 11 is 3.40. The van der Waals surface area contributed by atoms with Gasteiger partial charge in [0.15, 0.2) is 11.5 Å². The SMILES string of the molecule is CC(C)(CC(=O)O)c1cc(Br)c2c(c1)OCO2. The molecule has 1 heterocycles. The molecule has 0 aromatic heterocycles. The Labute approximate surface area is 108 Å². The molecule has 1 aromatic rings. The van der Waals surface area contributed by atoms with Crippen LogP contribution in [0.1, 0.15) is 25.8 Å². The second-order valence-electron chi connectivity index (χ2n) is 4.65. The number of carboxylic acids is 1. The Morgan fingerprint density at radius 3 is 2.82 bits per heavy atom. The van der Waals surface area contributed by atoms with Gasteiger partial charge in [-0.25, -0.2) is 0 Å². The summed E-state index contributed by atoms with van der Waals surface area (Å²) in [5.41, 5.74) is 0.464. The van der Waals surface area contributed by atoms with Crippen LogP contribution in [0.3, 0.4) is 0 Å². The molecule has 0 unspecified atom stereocenters. The van der Waals surface area contributed by atoms with E-state index in [1.165, 1.54) is 0 Å². The van der Waals surface area contributed by atoms with Gasteiger partial charge in [0.2, 0.25) is 6.79 Å². The first kappa shape index (κ1) is 12.2. The van der Waals surface area contributed by atoms with E-state index >= 15 is 0 Å². The van der Waals surface area contributed by atoms with E-state index in [2.05, 4.69) is 15.9 Å². The molecular formula is C12H13BrO4. The Hall–Kier alpha value is -1.23. The average molecular weight is 301 g/mol. The van der Waals surface area contributed by atoms with Gasteiger partial charge in [0, 0.05) is 5.41 Å². The van der Waals surface area contributed by atoms with Crippen LogP contribution in [0.25, 0.3) is 0 Å². The van der Waals surface area contributed by atoms with Crippen LogP contribution < -0.4 is 9.47 Å². The molecule has 1 aliphatic rings. The van der Waals surface area contributed by atoms with E-state index < -0.39 is 11.4 Å². The number of aliphatic carboxylic acids is 1. The van der Waals surface area contributed by atoms with Crippen LogP contribution in [0.5, 0.6) is 11.5 Å². The van der Waals surface area contributed by atoms with Crippen LogP contribution >= 0.6 is 15.9 Å². The number of benzene rings is 1. The van der Waals surface area contributed by atoms with Crippen LogP contribution in [0, 0.1) is 0 Å². The minimum Gasteiger partial charge on any atom is -0.481 e. The third-order valence-electron chi connectivity index (χ3n) is 2.80. The summed E-state index contributed by atoms with van der Waals surface area (Å²) in [6, 6.07) is 3.73. The largest absolute Gasteiger partial charge is 0.481 e. The maximum atomic E-state index is 10.8. The van der Waals surface area contributed by atoms with Gasteiger partial charge >= 0.3 is 5.97 Å². The highest BCUT2D eigenvalue weighted by Gasteiger charge is 2.28. The van der Waals surface area contributed by atoms with Gasteiger partial charge in [-0.1, -0.05) is 13.8 Å². The summed E-state index contributed by atoms with van der Waals surface area (Å²) in [6.45, 7) is 3.99. The van der Waals surface area contributed by atoms with Crippen molar-refractivity contribution < 1.29 is 19.4 Å². The predicted octanol–water partition coefficient (Wildman–Crippen LogP) is 2.93. The van der Waals surface area contributed by atoms with Gasteiger partial charge in [-0.3, -0.25) is 4.79 Å². The molecule has 0 saturated carbocycles. The summed E-state index contributed by atoms with van der Waals surface area (Å²) in [5.74, 6) is 0.525. The van der Waals surface area contributed by atoms with Crippen molar-refractivity contribution in [2.45, 2.75) is 25.7 Å². The van der Waals surface area contributed by atoms with Crippen molar-refractivity contribution in [2.24, 2.45) is 0 Å². The number of rotatable bonds is 3. The Morgan fingerprint density at radius 1 is 1.47 bits per heavy atom. The summed E-state index contributed by atoms with van der Waals surface area (Å²) in [7, 11) is 0. The first-order valence-electron chi connectivity index (χ1n) is 5.21. The van der Waals surface area contributed by atoms with E-state index in [9.17, 15) is 4.79 Å². The van der Waals surface area contributed by atoms with Gasteiger partial charge < -0.3 is 14.6 Å². The minimum absolute atomic E-state index is 0.0685. The van der Waals surface area contributed by atoms with Gasteiger partial charge in [-0.05, 0) is 33.6 Å². The highest BCUT2D eigenvalue weighted by atomic mass is 79.9. The first-order valence-corrected chi connectivity index (χ1v) is 6.01. The molecule has 0 saturated heterocycles. The zero-order valence-electron chi connectivity index (χ0n) is 9.62. The summed E-state index contributed by atoms with van der Waals surface area (Å²) < 4.78 is 11.4. The molecule has 92 valence electrons. The van der Waals surface area contributed by atoms with Crippen molar-refractivity contribution in [1.82, 2.24) is 0 Å². The van der Waals surface area contributed by atoms with Crippen molar-refractivity contribution in [3.8, 4) is 11.5 Å². The van der Waals surface area contributed by atoms with Crippen molar-refractivity contribution in [3.05, 3.63) is 22.2 Å². The fourth-order valence-corrected chi connectivity index (χ4v) is 2.39. The van der Waals surface area contributed by atoms with Crippen molar-refractivity contribution in [1.29, 1.82) is 0 Å². The quantitative estimate of drug-likeness (QED) is 0.932.